The maximum atomic E-state index is 13.0. The van der Waals surface area contributed by atoms with Gasteiger partial charge >= 0.3 is 0 Å². The lowest BCUT2D eigenvalue weighted by Crippen LogP contribution is -2.25. The number of ketones is 1. The SMILES string of the molecule is N/C(=N\NC(CC(=O)c1ccc(-c2ccccc2)cc1)c1cccnc1)c1ccccn1. The highest BCUT2D eigenvalue weighted by molar-refractivity contribution is 5.97. The Hall–Kier alpha value is -4.32. The van der Waals surface area contributed by atoms with Gasteiger partial charge in [-0.1, -0.05) is 66.7 Å². The van der Waals surface area contributed by atoms with Crippen molar-refractivity contribution in [2.75, 3.05) is 0 Å². The van der Waals surface area contributed by atoms with Gasteiger partial charge in [-0.25, -0.2) is 0 Å². The Bertz CT molecular complexity index is 1180. The van der Waals surface area contributed by atoms with E-state index >= 15 is 0 Å². The van der Waals surface area contributed by atoms with Gasteiger partial charge < -0.3 is 5.73 Å². The smallest absolute Gasteiger partial charge is 0.169 e. The van der Waals surface area contributed by atoms with Crippen LogP contribution in [0.1, 0.15) is 34.1 Å². The zero-order valence-corrected chi connectivity index (χ0v) is 17.4. The first kappa shape index (κ1) is 20.9. The molecule has 32 heavy (non-hydrogen) atoms. The summed E-state index contributed by atoms with van der Waals surface area (Å²) in [6.45, 7) is 0. The van der Waals surface area contributed by atoms with Crippen LogP contribution in [0.15, 0.2) is 109 Å². The van der Waals surface area contributed by atoms with Gasteiger partial charge in [0.15, 0.2) is 11.6 Å². The second-order valence-electron chi connectivity index (χ2n) is 7.25. The summed E-state index contributed by atoms with van der Waals surface area (Å²) in [5, 5.41) is 4.27. The molecule has 158 valence electrons. The molecule has 0 aliphatic carbocycles. The largest absolute Gasteiger partial charge is 0.380 e. The summed E-state index contributed by atoms with van der Waals surface area (Å²) < 4.78 is 0. The number of carbonyl (C=O) groups is 1. The number of pyridine rings is 2. The molecular formula is C26H23N5O. The van der Waals surface area contributed by atoms with Crippen LogP contribution in [-0.4, -0.2) is 21.6 Å². The minimum atomic E-state index is -0.382. The molecule has 2 heterocycles. The number of aromatic nitrogens is 2. The predicted octanol–water partition coefficient (Wildman–Crippen LogP) is 4.37. The highest BCUT2D eigenvalue weighted by Crippen LogP contribution is 2.22. The summed E-state index contributed by atoms with van der Waals surface area (Å²) in [6.07, 6.45) is 5.26. The van der Waals surface area contributed by atoms with Gasteiger partial charge in [-0.3, -0.25) is 20.2 Å². The fourth-order valence-corrected chi connectivity index (χ4v) is 3.32. The number of Topliss-reactive ketones (excluding diaryl/α,β-unsaturated/α-hetero) is 1. The number of carbonyl (C=O) groups excluding carboxylic acids is 1. The number of benzene rings is 2. The molecule has 2 aromatic carbocycles. The molecule has 0 bridgehead atoms. The van der Waals surface area contributed by atoms with E-state index in [1.54, 1.807) is 24.7 Å². The third-order valence-electron chi connectivity index (χ3n) is 5.06. The molecule has 1 unspecified atom stereocenters. The maximum Gasteiger partial charge on any atom is 0.169 e. The van der Waals surface area contributed by atoms with Gasteiger partial charge in [0.25, 0.3) is 0 Å². The third kappa shape index (κ3) is 5.23. The lowest BCUT2D eigenvalue weighted by Gasteiger charge is -2.17. The van der Waals surface area contributed by atoms with Crippen molar-refractivity contribution in [3.63, 3.8) is 0 Å². The average molecular weight is 422 g/mol. The van der Waals surface area contributed by atoms with E-state index in [0.717, 1.165) is 16.7 Å². The van der Waals surface area contributed by atoms with E-state index in [1.807, 2.05) is 78.9 Å². The molecule has 0 fully saturated rings. The second kappa shape index (κ2) is 10.1. The first-order chi connectivity index (χ1) is 15.7. The van der Waals surface area contributed by atoms with Crippen LogP contribution in [0.4, 0.5) is 0 Å². The quantitative estimate of drug-likeness (QED) is 0.191. The molecule has 0 radical (unpaired) electrons. The van der Waals surface area contributed by atoms with E-state index < -0.39 is 0 Å². The molecule has 4 aromatic rings. The first-order valence-electron chi connectivity index (χ1n) is 10.3. The average Bonchev–Trinajstić information content (AvgIpc) is 2.88. The summed E-state index contributed by atoms with van der Waals surface area (Å²) in [6, 6.07) is 26.5. The molecule has 0 saturated heterocycles. The number of hydrogen-bond acceptors (Lipinski definition) is 5. The number of nitrogens with one attached hydrogen (secondary N) is 1. The molecule has 0 amide bonds. The van der Waals surface area contributed by atoms with Crippen LogP contribution in [0.2, 0.25) is 0 Å². The van der Waals surface area contributed by atoms with Crippen molar-refractivity contribution in [2.45, 2.75) is 12.5 Å². The van der Waals surface area contributed by atoms with E-state index in [9.17, 15) is 4.79 Å². The highest BCUT2D eigenvalue weighted by atomic mass is 16.1. The first-order valence-corrected chi connectivity index (χ1v) is 10.3. The van der Waals surface area contributed by atoms with Crippen LogP contribution < -0.4 is 11.2 Å². The minimum Gasteiger partial charge on any atom is -0.380 e. The molecule has 0 saturated carbocycles. The molecule has 2 aromatic heterocycles. The van der Waals surface area contributed by atoms with Crippen molar-refractivity contribution in [3.8, 4) is 11.1 Å². The molecular weight excluding hydrogens is 398 g/mol. The van der Waals surface area contributed by atoms with Crippen molar-refractivity contribution in [1.29, 1.82) is 0 Å². The van der Waals surface area contributed by atoms with Crippen molar-refractivity contribution in [1.82, 2.24) is 15.4 Å². The number of amidine groups is 1. The Balaban J connectivity index is 1.51. The van der Waals surface area contributed by atoms with Crippen LogP contribution in [0.3, 0.4) is 0 Å². The Labute approximate surface area is 186 Å². The van der Waals surface area contributed by atoms with Crippen LogP contribution in [-0.2, 0) is 0 Å². The van der Waals surface area contributed by atoms with Gasteiger partial charge in [0, 0.05) is 30.6 Å². The fraction of sp³-hybridized carbons (Fsp3) is 0.0769. The van der Waals surface area contributed by atoms with Crippen LogP contribution in [0, 0.1) is 0 Å². The predicted molar refractivity (Wildman–Crippen MR) is 126 cm³/mol. The summed E-state index contributed by atoms with van der Waals surface area (Å²) in [5.74, 6) is 0.247. The monoisotopic (exact) mass is 421 g/mol. The number of nitrogens with two attached hydrogens (primary N) is 1. The van der Waals surface area contributed by atoms with Gasteiger partial charge in [0.2, 0.25) is 0 Å². The van der Waals surface area contributed by atoms with Crippen molar-refractivity contribution >= 4 is 11.6 Å². The summed E-state index contributed by atoms with van der Waals surface area (Å²) in [5.41, 5.74) is 13.3. The van der Waals surface area contributed by atoms with Crippen molar-refractivity contribution in [3.05, 3.63) is 120 Å². The van der Waals surface area contributed by atoms with E-state index in [-0.39, 0.29) is 24.1 Å². The van der Waals surface area contributed by atoms with E-state index in [1.165, 1.54) is 0 Å². The molecule has 3 N–H and O–H groups in total. The third-order valence-corrected chi connectivity index (χ3v) is 5.06. The molecule has 1 atom stereocenters. The molecule has 6 heteroatoms. The van der Waals surface area contributed by atoms with Crippen LogP contribution >= 0.6 is 0 Å². The van der Waals surface area contributed by atoms with Gasteiger partial charge in [-0.05, 0) is 34.9 Å². The summed E-state index contributed by atoms with van der Waals surface area (Å²) in [7, 11) is 0. The number of rotatable bonds is 8. The Morgan fingerprint density at radius 3 is 2.31 bits per heavy atom. The van der Waals surface area contributed by atoms with Gasteiger partial charge in [-0.2, -0.15) is 5.10 Å². The Kier molecular flexibility index (Phi) is 6.63. The maximum absolute atomic E-state index is 13.0. The van der Waals surface area contributed by atoms with Gasteiger partial charge in [0.1, 0.15) is 5.69 Å². The molecule has 0 aliphatic rings. The Morgan fingerprint density at radius 2 is 1.62 bits per heavy atom. The van der Waals surface area contributed by atoms with E-state index in [4.69, 9.17) is 5.73 Å². The van der Waals surface area contributed by atoms with Crippen molar-refractivity contribution < 1.29 is 4.79 Å². The van der Waals surface area contributed by atoms with Gasteiger partial charge in [0.05, 0.1) is 6.04 Å². The fourth-order valence-electron chi connectivity index (χ4n) is 3.32. The Morgan fingerprint density at radius 1 is 0.875 bits per heavy atom. The normalized spacial score (nSPS) is 12.2. The number of hydrazone groups is 1. The molecule has 0 aliphatic heterocycles. The van der Waals surface area contributed by atoms with Crippen LogP contribution in [0.25, 0.3) is 11.1 Å². The van der Waals surface area contributed by atoms with Crippen LogP contribution in [0.5, 0.6) is 0 Å². The highest BCUT2D eigenvalue weighted by Gasteiger charge is 2.17. The zero-order valence-electron chi connectivity index (χ0n) is 17.4. The van der Waals surface area contributed by atoms with Gasteiger partial charge in [-0.15, -0.1) is 0 Å². The molecule has 4 rings (SSSR count). The second-order valence-corrected chi connectivity index (χ2v) is 7.25. The standard InChI is InChI=1S/C26H23N5O/c27-26(23-10-4-5-16-29-23)31-30-24(22-9-6-15-28-18-22)17-25(32)21-13-11-20(12-14-21)19-7-2-1-3-8-19/h1-16,18,24,30H,17H2,(H2,27,31). The van der Waals surface area contributed by atoms with Crippen molar-refractivity contribution in [2.24, 2.45) is 10.8 Å². The van der Waals surface area contributed by atoms with E-state index in [2.05, 4.69) is 20.5 Å². The number of hydrogen-bond donors (Lipinski definition) is 2. The topological polar surface area (TPSA) is 93.3 Å². The number of nitrogens with zero attached hydrogens (tertiary/aromatic N) is 3. The summed E-state index contributed by atoms with van der Waals surface area (Å²) in [4.78, 5) is 21.4. The minimum absolute atomic E-state index is 0.00225. The molecule has 0 spiro atoms. The zero-order chi connectivity index (χ0) is 22.2. The lowest BCUT2D eigenvalue weighted by atomic mass is 9.97. The molecule has 6 nitrogen and oxygen atoms in total. The summed E-state index contributed by atoms with van der Waals surface area (Å²) >= 11 is 0. The van der Waals surface area contributed by atoms with E-state index in [0.29, 0.717) is 11.3 Å². The lowest BCUT2D eigenvalue weighted by molar-refractivity contribution is 0.0968.